The van der Waals surface area contributed by atoms with E-state index in [-0.39, 0.29) is 15.8 Å². The van der Waals surface area contributed by atoms with Crippen LogP contribution in [0.15, 0.2) is 23.1 Å². The number of likely N-dealkylation sites (tertiary alicyclic amines) is 1. The topological polar surface area (TPSA) is 60.9 Å². The number of hydrogen-bond donors (Lipinski definition) is 0. The van der Waals surface area contributed by atoms with Crippen LogP contribution in [-0.2, 0) is 10.0 Å². The lowest BCUT2D eigenvalue weighted by Gasteiger charge is -2.36. The number of carbonyl (C=O) groups excluding carboxylic acids is 1. The molecule has 0 aliphatic carbocycles. The number of likely N-dealkylation sites (N-methyl/N-ethyl adjacent to an activating group) is 1. The molecule has 1 aromatic rings. The zero-order valence-electron chi connectivity index (χ0n) is 16.9. The zero-order chi connectivity index (χ0) is 20.5. The van der Waals surface area contributed by atoms with E-state index in [9.17, 15) is 13.2 Å². The fraction of sp³-hybridized carbons (Fsp3) is 0.650. The maximum absolute atomic E-state index is 13.2. The number of nitrogens with zero attached hydrogens (tertiary/aromatic N) is 3. The second-order valence-corrected chi connectivity index (χ2v) is 10.6. The van der Waals surface area contributed by atoms with Crippen LogP contribution >= 0.6 is 11.6 Å². The number of piperidine rings is 2. The molecule has 2 atom stereocenters. The zero-order valence-corrected chi connectivity index (χ0v) is 18.5. The molecule has 3 rings (SSSR count). The Morgan fingerprint density at radius 1 is 1.14 bits per heavy atom. The molecule has 8 heteroatoms. The average Bonchev–Trinajstić information content (AvgIpc) is 2.67. The van der Waals surface area contributed by atoms with Crippen molar-refractivity contribution < 1.29 is 13.2 Å². The van der Waals surface area contributed by atoms with Crippen LogP contribution in [0.4, 0.5) is 0 Å². The number of amides is 1. The van der Waals surface area contributed by atoms with E-state index in [1.807, 2.05) is 19.0 Å². The molecule has 0 saturated carbocycles. The quantitative estimate of drug-likeness (QED) is 0.741. The molecule has 2 aliphatic rings. The van der Waals surface area contributed by atoms with Crippen molar-refractivity contribution >= 4 is 27.5 Å². The van der Waals surface area contributed by atoms with Gasteiger partial charge < -0.3 is 9.80 Å². The van der Waals surface area contributed by atoms with Crippen LogP contribution in [0.25, 0.3) is 0 Å². The van der Waals surface area contributed by atoms with Crippen LogP contribution in [0, 0.1) is 5.92 Å². The van der Waals surface area contributed by atoms with Gasteiger partial charge in [0, 0.05) is 37.8 Å². The lowest BCUT2D eigenvalue weighted by molar-refractivity contribution is 0.0635. The minimum absolute atomic E-state index is 0.0373. The number of halogens is 1. The summed E-state index contributed by atoms with van der Waals surface area (Å²) in [6.45, 7) is 4.39. The Balaban J connectivity index is 1.86. The maximum Gasteiger partial charge on any atom is 0.253 e. The molecule has 1 amide bonds. The monoisotopic (exact) mass is 427 g/mol. The molecule has 2 aliphatic heterocycles. The lowest BCUT2D eigenvalue weighted by atomic mass is 10.0. The second kappa shape index (κ2) is 8.69. The summed E-state index contributed by atoms with van der Waals surface area (Å²) < 4.78 is 27.8. The summed E-state index contributed by atoms with van der Waals surface area (Å²) in [5.41, 5.74) is 0.382. The Bertz CT molecular complexity index is 828. The number of sulfonamides is 1. The Morgan fingerprint density at radius 2 is 1.86 bits per heavy atom. The predicted molar refractivity (Wildman–Crippen MR) is 111 cm³/mol. The third-order valence-electron chi connectivity index (χ3n) is 5.83. The van der Waals surface area contributed by atoms with Crippen LogP contribution in [-0.4, -0.2) is 74.7 Å². The van der Waals surface area contributed by atoms with Crippen molar-refractivity contribution in [1.82, 2.24) is 14.1 Å². The SMILES string of the molecule is CC1CCCN(S(=O)(=O)c2cc(C(=O)N3CCCC(N(C)C)C3)ccc2Cl)C1. The van der Waals surface area contributed by atoms with Crippen molar-refractivity contribution in [3.63, 3.8) is 0 Å². The highest BCUT2D eigenvalue weighted by Crippen LogP contribution is 2.29. The maximum atomic E-state index is 13.2. The first-order valence-electron chi connectivity index (χ1n) is 9.95. The summed E-state index contributed by atoms with van der Waals surface area (Å²) >= 11 is 6.25. The first kappa shape index (κ1) is 21.6. The van der Waals surface area contributed by atoms with Gasteiger partial charge in [0.1, 0.15) is 4.90 Å². The molecule has 0 spiro atoms. The molecule has 0 bridgehead atoms. The molecule has 0 N–H and O–H groups in total. The molecular weight excluding hydrogens is 398 g/mol. The first-order chi connectivity index (χ1) is 13.2. The second-order valence-electron chi connectivity index (χ2n) is 8.27. The fourth-order valence-electron chi connectivity index (χ4n) is 4.08. The summed E-state index contributed by atoms with van der Waals surface area (Å²) in [5.74, 6) is 0.190. The Hall–Kier alpha value is -1.15. The van der Waals surface area contributed by atoms with Gasteiger partial charge in [0.25, 0.3) is 5.91 Å². The Labute approximate surface area is 173 Å². The lowest BCUT2D eigenvalue weighted by Crippen LogP contribution is -2.47. The van der Waals surface area contributed by atoms with Crippen LogP contribution in [0.5, 0.6) is 0 Å². The summed E-state index contributed by atoms with van der Waals surface area (Å²) in [5, 5.41) is 0.166. The predicted octanol–water partition coefficient (Wildman–Crippen LogP) is 2.93. The van der Waals surface area contributed by atoms with Gasteiger partial charge in [0.15, 0.2) is 0 Å². The van der Waals surface area contributed by atoms with E-state index in [1.165, 1.54) is 16.4 Å². The summed E-state index contributed by atoms with van der Waals surface area (Å²) in [4.78, 5) is 17.0. The van der Waals surface area contributed by atoms with Gasteiger partial charge >= 0.3 is 0 Å². The van der Waals surface area contributed by atoms with E-state index in [2.05, 4.69) is 11.8 Å². The van der Waals surface area contributed by atoms with Crippen molar-refractivity contribution in [2.75, 3.05) is 40.3 Å². The van der Waals surface area contributed by atoms with E-state index in [4.69, 9.17) is 11.6 Å². The van der Waals surface area contributed by atoms with Gasteiger partial charge in [-0.25, -0.2) is 8.42 Å². The largest absolute Gasteiger partial charge is 0.337 e. The molecule has 2 fully saturated rings. The summed E-state index contributed by atoms with van der Waals surface area (Å²) in [7, 11) is 0.324. The molecule has 0 aromatic heterocycles. The van der Waals surface area contributed by atoms with Crippen molar-refractivity contribution in [2.45, 2.75) is 43.5 Å². The van der Waals surface area contributed by atoms with E-state index >= 15 is 0 Å². The van der Waals surface area contributed by atoms with Gasteiger partial charge in [0.2, 0.25) is 10.0 Å². The third-order valence-corrected chi connectivity index (χ3v) is 8.18. The number of carbonyl (C=O) groups is 1. The van der Waals surface area contributed by atoms with Gasteiger partial charge in [-0.15, -0.1) is 0 Å². The third kappa shape index (κ3) is 4.53. The number of hydrogen-bond acceptors (Lipinski definition) is 4. The highest BCUT2D eigenvalue weighted by molar-refractivity contribution is 7.89. The molecule has 2 unspecified atom stereocenters. The van der Waals surface area contributed by atoms with Crippen LogP contribution in [0.3, 0.4) is 0 Å². The minimum atomic E-state index is -3.71. The Morgan fingerprint density at radius 3 is 2.54 bits per heavy atom. The van der Waals surface area contributed by atoms with Gasteiger partial charge in [-0.2, -0.15) is 4.31 Å². The van der Waals surface area contributed by atoms with Gasteiger partial charge in [-0.3, -0.25) is 4.79 Å². The molecule has 2 heterocycles. The van der Waals surface area contributed by atoms with Gasteiger partial charge in [0.05, 0.1) is 5.02 Å². The summed E-state index contributed by atoms with van der Waals surface area (Å²) in [6.07, 6.45) is 3.87. The Kier molecular flexibility index (Phi) is 6.69. The fourth-order valence-corrected chi connectivity index (χ4v) is 6.18. The minimum Gasteiger partial charge on any atom is -0.337 e. The van der Waals surface area contributed by atoms with Crippen molar-refractivity contribution in [2.24, 2.45) is 5.92 Å². The standard InChI is InChI=1S/C20H30ClN3O3S/c1-15-6-4-11-24(13-15)28(26,27)19-12-16(8-9-18(19)21)20(25)23-10-5-7-17(14-23)22(2)3/h8-9,12,15,17H,4-7,10-11,13-14H2,1-3H3. The van der Waals surface area contributed by atoms with Gasteiger partial charge in [-0.05, 0) is 63.9 Å². The van der Waals surface area contributed by atoms with Crippen molar-refractivity contribution in [3.05, 3.63) is 28.8 Å². The summed E-state index contributed by atoms with van der Waals surface area (Å²) in [6, 6.07) is 4.94. The van der Waals surface area contributed by atoms with E-state index in [0.29, 0.717) is 43.7 Å². The van der Waals surface area contributed by atoms with Crippen LogP contribution < -0.4 is 0 Å². The molecule has 6 nitrogen and oxygen atoms in total. The molecule has 156 valence electrons. The molecule has 1 aromatic carbocycles. The van der Waals surface area contributed by atoms with Gasteiger partial charge in [-0.1, -0.05) is 18.5 Å². The van der Waals surface area contributed by atoms with Crippen molar-refractivity contribution in [1.29, 1.82) is 0 Å². The highest BCUT2D eigenvalue weighted by Gasteiger charge is 2.32. The van der Waals surface area contributed by atoms with Crippen LogP contribution in [0.1, 0.15) is 43.0 Å². The smallest absolute Gasteiger partial charge is 0.253 e. The van der Waals surface area contributed by atoms with Crippen LogP contribution in [0.2, 0.25) is 5.02 Å². The molecule has 2 saturated heterocycles. The van der Waals surface area contributed by atoms with E-state index in [1.54, 1.807) is 6.07 Å². The van der Waals surface area contributed by atoms with E-state index < -0.39 is 10.0 Å². The molecular formula is C20H30ClN3O3S. The van der Waals surface area contributed by atoms with Crippen molar-refractivity contribution in [3.8, 4) is 0 Å². The number of benzene rings is 1. The average molecular weight is 428 g/mol. The highest BCUT2D eigenvalue weighted by atomic mass is 35.5. The molecule has 0 radical (unpaired) electrons. The number of rotatable bonds is 4. The first-order valence-corrected chi connectivity index (χ1v) is 11.8. The van der Waals surface area contributed by atoms with E-state index in [0.717, 1.165) is 25.7 Å². The molecule has 28 heavy (non-hydrogen) atoms. The normalized spacial score (nSPS) is 24.5.